The number of aromatic nitrogens is 2. The Bertz CT molecular complexity index is 830. The molecule has 0 radical (unpaired) electrons. The summed E-state index contributed by atoms with van der Waals surface area (Å²) in [7, 11) is 0. The SMILES string of the molecule is Cc1ccc(-c2cnc(CCC(=O)Nc3nc(C)c(C)s3)o2)cc1. The Morgan fingerprint density at radius 2 is 1.96 bits per heavy atom. The van der Waals surface area contributed by atoms with Crippen molar-refractivity contribution in [3.8, 4) is 11.3 Å². The molecule has 0 bridgehead atoms. The first-order chi connectivity index (χ1) is 11.5. The van der Waals surface area contributed by atoms with Crippen LogP contribution in [0.4, 0.5) is 5.13 Å². The molecule has 0 aliphatic heterocycles. The van der Waals surface area contributed by atoms with E-state index in [1.807, 2.05) is 45.0 Å². The Hall–Kier alpha value is -2.47. The normalized spacial score (nSPS) is 10.8. The van der Waals surface area contributed by atoms with Crippen LogP contribution < -0.4 is 5.32 Å². The number of oxazole rings is 1. The van der Waals surface area contributed by atoms with Gasteiger partial charge in [-0.15, -0.1) is 11.3 Å². The Morgan fingerprint density at radius 1 is 1.21 bits per heavy atom. The van der Waals surface area contributed by atoms with Gasteiger partial charge < -0.3 is 9.73 Å². The fourth-order valence-corrected chi connectivity index (χ4v) is 3.04. The van der Waals surface area contributed by atoms with Gasteiger partial charge in [-0.2, -0.15) is 0 Å². The number of rotatable bonds is 5. The number of hydrogen-bond acceptors (Lipinski definition) is 5. The van der Waals surface area contributed by atoms with Gasteiger partial charge in [-0.1, -0.05) is 29.8 Å². The summed E-state index contributed by atoms with van der Waals surface area (Å²) in [5.41, 5.74) is 3.13. The molecule has 0 fully saturated rings. The van der Waals surface area contributed by atoms with Crippen molar-refractivity contribution in [2.24, 2.45) is 0 Å². The number of thiazole rings is 1. The molecule has 3 rings (SSSR count). The predicted molar refractivity (Wildman–Crippen MR) is 95.2 cm³/mol. The maximum absolute atomic E-state index is 12.0. The molecule has 0 aliphatic rings. The van der Waals surface area contributed by atoms with E-state index in [0.717, 1.165) is 21.9 Å². The molecule has 1 N–H and O–H groups in total. The molecular formula is C18H19N3O2S. The standard InChI is InChI=1S/C18H19N3O2S/c1-11-4-6-14(7-5-11)15-10-19-17(23-15)9-8-16(22)21-18-20-12(2)13(3)24-18/h4-7,10H,8-9H2,1-3H3,(H,20,21,22). The minimum Gasteiger partial charge on any atom is -0.441 e. The van der Waals surface area contributed by atoms with Gasteiger partial charge in [0.05, 0.1) is 11.9 Å². The van der Waals surface area contributed by atoms with Crippen molar-refractivity contribution >= 4 is 22.4 Å². The van der Waals surface area contributed by atoms with Gasteiger partial charge >= 0.3 is 0 Å². The zero-order valence-electron chi connectivity index (χ0n) is 13.9. The van der Waals surface area contributed by atoms with Crippen LogP contribution in [0.15, 0.2) is 34.9 Å². The molecule has 3 aromatic rings. The highest BCUT2D eigenvalue weighted by atomic mass is 32.1. The largest absolute Gasteiger partial charge is 0.441 e. The van der Waals surface area contributed by atoms with Gasteiger partial charge in [-0.3, -0.25) is 4.79 Å². The number of carbonyl (C=O) groups is 1. The molecule has 2 heterocycles. The van der Waals surface area contributed by atoms with Crippen LogP contribution in [0.3, 0.4) is 0 Å². The maximum Gasteiger partial charge on any atom is 0.226 e. The Balaban J connectivity index is 1.57. The number of anilines is 1. The van der Waals surface area contributed by atoms with Crippen molar-refractivity contribution < 1.29 is 9.21 Å². The topological polar surface area (TPSA) is 68.0 Å². The summed E-state index contributed by atoms with van der Waals surface area (Å²) in [4.78, 5) is 21.7. The Labute approximate surface area is 144 Å². The van der Waals surface area contributed by atoms with Crippen LogP contribution in [-0.4, -0.2) is 15.9 Å². The Morgan fingerprint density at radius 3 is 2.62 bits per heavy atom. The molecule has 1 aromatic carbocycles. The highest BCUT2D eigenvalue weighted by Crippen LogP contribution is 2.23. The van der Waals surface area contributed by atoms with E-state index in [-0.39, 0.29) is 5.91 Å². The quantitative estimate of drug-likeness (QED) is 0.751. The number of nitrogens with one attached hydrogen (secondary N) is 1. The first kappa shape index (κ1) is 16.4. The second kappa shape index (κ2) is 6.97. The average Bonchev–Trinajstić information content (AvgIpc) is 3.13. The predicted octanol–water partition coefficient (Wildman–Crippen LogP) is 4.29. The molecular weight excluding hydrogens is 322 g/mol. The van der Waals surface area contributed by atoms with Crippen LogP contribution in [0.25, 0.3) is 11.3 Å². The lowest BCUT2D eigenvalue weighted by atomic mass is 10.1. The summed E-state index contributed by atoms with van der Waals surface area (Å²) in [5.74, 6) is 1.20. The number of nitrogens with zero attached hydrogens (tertiary/aromatic N) is 2. The van der Waals surface area contributed by atoms with Gasteiger partial charge in [0.2, 0.25) is 5.91 Å². The van der Waals surface area contributed by atoms with E-state index in [1.54, 1.807) is 6.20 Å². The van der Waals surface area contributed by atoms with E-state index >= 15 is 0 Å². The number of aryl methyl sites for hydroxylation is 4. The molecule has 0 spiro atoms. The third-order valence-corrected chi connectivity index (χ3v) is 4.72. The Kier molecular flexibility index (Phi) is 4.76. The maximum atomic E-state index is 12.0. The molecule has 0 atom stereocenters. The zero-order chi connectivity index (χ0) is 17.1. The lowest BCUT2D eigenvalue weighted by molar-refractivity contribution is -0.116. The molecule has 0 saturated carbocycles. The molecule has 124 valence electrons. The molecule has 24 heavy (non-hydrogen) atoms. The average molecular weight is 341 g/mol. The first-order valence-electron chi connectivity index (χ1n) is 7.77. The second-order valence-electron chi connectivity index (χ2n) is 5.69. The van der Waals surface area contributed by atoms with Gasteiger partial charge in [0.15, 0.2) is 16.8 Å². The summed E-state index contributed by atoms with van der Waals surface area (Å²) in [6, 6.07) is 8.06. The van der Waals surface area contributed by atoms with Crippen molar-refractivity contribution in [1.82, 2.24) is 9.97 Å². The van der Waals surface area contributed by atoms with Crippen molar-refractivity contribution in [1.29, 1.82) is 0 Å². The van der Waals surface area contributed by atoms with E-state index in [2.05, 4.69) is 15.3 Å². The fraction of sp³-hybridized carbons (Fsp3) is 0.278. The van der Waals surface area contributed by atoms with Crippen molar-refractivity contribution in [3.63, 3.8) is 0 Å². The van der Waals surface area contributed by atoms with E-state index in [0.29, 0.717) is 23.9 Å². The molecule has 6 heteroatoms. The summed E-state index contributed by atoms with van der Waals surface area (Å²) >= 11 is 1.48. The van der Waals surface area contributed by atoms with Crippen LogP contribution in [0.5, 0.6) is 0 Å². The summed E-state index contributed by atoms with van der Waals surface area (Å²) in [6.45, 7) is 5.96. The smallest absolute Gasteiger partial charge is 0.226 e. The van der Waals surface area contributed by atoms with Gasteiger partial charge in [-0.25, -0.2) is 9.97 Å². The third-order valence-electron chi connectivity index (χ3n) is 3.73. The molecule has 5 nitrogen and oxygen atoms in total. The van der Waals surface area contributed by atoms with Crippen LogP contribution in [-0.2, 0) is 11.2 Å². The number of carbonyl (C=O) groups excluding carboxylic acids is 1. The van der Waals surface area contributed by atoms with E-state index in [4.69, 9.17) is 4.42 Å². The van der Waals surface area contributed by atoms with Gasteiger partial charge in [0.25, 0.3) is 0 Å². The van der Waals surface area contributed by atoms with Crippen LogP contribution in [0, 0.1) is 20.8 Å². The van der Waals surface area contributed by atoms with Crippen molar-refractivity contribution in [2.45, 2.75) is 33.6 Å². The molecule has 2 aromatic heterocycles. The van der Waals surface area contributed by atoms with Crippen molar-refractivity contribution in [2.75, 3.05) is 5.32 Å². The van der Waals surface area contributed by atoms with Crippen LogP contribution in [0.1, 0.15) is 28.4 Å². The highest BCUT2D eigenvalue weighted by Gasteiger charge is 2.11. The van der Waals surface area contributed by atoms with Crippen LogP contribution in [0.2, 0.25) is 0 Å². The summed E-state index contributed by atoms with van der Waals surface area (Å²) < 4.78 is 5.73. The lowest BCUT2D eigenvalue weighted by Gasteiger charge is -2.00. The number of amides is 1. The van der Waals surface area contributed by atoms with Gasteiger partial charge in [0.1, 0.15) is 0 Å². The molecule has 0 unspecified atom stereocenters. The van der Waals surface area contributed by atoms with Crippen LogP contribution >= 0.6 is 11.3 Å². The second-order valence-corrected chi connectivity index (χ2v) is 6.90. The number of benzene rings is 1. The summed E-state index contributed by atoms with van der Waals surface area (Å²) in [5, 5.41) is 3.46. The lowest BCUT2D eigenvalue weighted by Crippen LogP contribution is -2.12. The first-order valence-corrected chi connectivity index (χ1v) is 8.58. The monoisotopic (exact) mass is 341 g/mol. The highest BCUT2D eigenvalue weighted by molar-refractivity contribution is 7.15. The van der Waals surface area contributed by atoms with Crippen molar-refractivity contribution in [3.05, 3.63) is 52.5 Å². The fourth-order valence-electron chi connectivity index (χ4n) is 2.21. The minimum absolute atomic E-state index is 0.0844. The van der Waals surface area contributed by atoms with E-state index < -0.39 is 0 Å². The number of hydrogen-bond donors (Lipinski definition) is 1. The van der Waals surface area contributed by atoms with Gasteiger partial charge in [-0.05, 0) is 20.8 Å². The van der Waals surface area contributed by atoms with E-state index in [1.165, 1.54) is 16.9 Å². The third kappa shape index (κ3) is 3.89. The summed E-state index contributed by atoms with van der Waals surface area (Å²) in [6.07, 6.45) is 2.47. The molecule has 0 aliphatic carbocycles. The molecule has 0 saturated heterocycles. The minimum atomic E-state index is -0.0844. The van der Waals surface area contributed by atoms with Gasteiger partial charge in [0, 0.05) is 23.3 Å². The zero-order valence-corrected chi connectivity index (χ0v) is 14.7. The van der Waals surface area contributed by atoms with E-state index in [9.17, 15) is 4.79 Å². The molecule has 1 amide bonds.